The summed E-state index contributed by atoms with van der Waals surface area (Å²) in [5.74, 6) is -3.28. The maximum absolute atomic E-state index is 13.8. The second kappa shape index (κ2) is 9.04. The fraction of sp³-hybridized carbons (Fsp3) is 0.273. The van der Waals surface area contributed by atoms with Crippen LogP contribution >= 0.6 is 0 Å². The monoisotopic (exact) mass is 417 g/mol. The first kappa shape index (κ1) is 21.4. The van der Waals surface area contributed by atoms with E-state index >= 15 is 0 Å². The highest BCUT2D eigenvalue weighted by atomic mass is 19.1. The number of rotatable bonds is 7. The Morgan fingerprint density at radius 2 is 1.73 bits per heavy atom. The molecule has 1 unspecified atom stereocenters. The number of amides is 1. The zero-order chi connectivity index (χ0) is 21.8. The van der Waals surface area contributed by atoms with E-state index in [0.717, 1.165) is 12.1 Å². The van der Waals surface area contributed by atoms with E-state index in [-0.39, 0.29) is 23.4 Å². The molecule has 1 aliphatic rings. The third kappa shape index (κ3) is 4.04. The van der Waals surface area contributed by atoms with Crippen molar-refractivity contribution < 1.29 is 33.0 Å². The maximum Gasteiger partial charge on any atom is 0.295 e. The summed E-state index contributed by atoms with van der Waals surface area (Å²) in [6, 6.07) is 7.80. The minimum absolute atomic E-state index is 0.0560. The number of hydrogen-bond donors (Lipinski definition) is 1. The van der Waals surface area contributed by atoms with Gasteiger partial charge in [0.2, 0.25) is 0 Å². The van der Waals surface area contributed by atoms with E-state index in [1.54, 1.807) is 0 Å². The number of Topliss-reactive ketones (excluding diaryl/α,β-unsaturated/α-hetero) is 1. The van der Waals surface area contributed by atoms with E-state index in [0.29, 0.717) is 18.6 Å². The van der Waals surface area contributed by atoms with Crippen LogP contribution < -0.4 is 4.74 Å². The van der Waals surface area contributed by atoms with Gasteiger partial charge in [0.15, 0.2) is 0 Å². The Morgan fingerprint density at radius 1 is 1.07 bits per heavy atom. The molecule has 1 atom stereocenters. The predicted molar refractivity (Wildman–Crippen MR) is 105 cm³/mol. The van der Waals surface area contributed by atoms with Crippen LogP contribution in [0.1, 0.15) is 23.6 Å². The molecule has 0 radical (unpaired) electrons. The number of nitrogens with zero attached hydrogens (tertiary/aromatic N) is 1. The molecule has 2 aromatic rings. The van der Waals surface area contributed by atoms with Crippen molar-refractivity contribution in [3.05, 3.63) is 70.8 Å². The molecule has 0 bridgehead atoms. The summed E-state index contributed by atoms with van der Waals surface area (Å²) in [4.78, 5) is 26.9. The van der Waals surface area contributed by atoms with Crippen LogP contribution in [0.5, 0.6) is 5.75 Å². The molecule has 0 saturated carbocycles. The van der Waals surface area contributed by atoms with Gasteiger partial charge in [0.25, 0.3) is 11.7 Å². The Bertz CT molecular complexity index is 988. The normalized spacial score (nSPS) is 18.1. The van der Waals surface area contributed by atoms with Gasteiger partial charge in [-0.2, -0.15) is 0 Å². The number of ether oxygens (including phenoxy) is 2. The summed E-state index contributed by atoms with van der Waals surface area (Å²) in [6.45, 7) is 0.536. The molecule has 8 heteroatoms. The van der Waals surface area contributed by atoms with Gasteiger partial charge in [0, 0.05) is 20.3 Å². The molecule has 1 fully saturated rings. The number of benzene rings is 2. The number of carbonyl (C=O) groups excluding carboxylic acids is 2. The Labute approximate surface area is 172 Å². The zero-order valence-electron chi connectivity index (χ0n) is 16.5. The zero-order valence-corrected chi connectivity index (χ0v) is 16.5. The van der Waals surface area contributed by atoms with Crippen molar-refractivity contribution in [1.82, 2.24) is 4.90 Å². The molecule has 1 N–H and O–H groups in total. The number of hydrogen-bond acceptors (Lipinski definition) is 5. The molecule has 0 aliphatic carbocycles. The number of halogens is 2. The van der Waals surface area contributed by atoms with Crippen LogP contribution in [0.25, 0.3) is 5.76 Å². The highest BCUT2D eigenvalue weighted by molar-refractivity contribution is 6.46. The maximum atomic E-state index is 13.8. The summed E-state index contributed by atoms with van der Waals surface area (Å²) in [5, 5.41) is 11.0. The number of carbonyl (C=O) groups is 2. The van der Waals surface area contributed by atoms with Crippen molar-refractivity contribution in [3.8, 4) is 5.75 Å². The van der Waals surface area contributed by atoms with Gasteiger partial charge < -0.3 is 19.5 Å². The molecule has 6 nitrogen and oxygen atoms in total. The van der Waals surface area contributed by atoms with Crippen LogP contribution in [0, 0.1) is 11.6 Å². The Balaban J connectivity index is 2.18. The van der Waals surface area contributed by atoms with Crippen LogP contribution in [0.15, 0.2) is 48.0 Å². The van der Waals surface area contributed by atoms with E-state index in [1.165, 1.54) is 49.5 Å². The first-order valence-electron chi connectivity index (χ1n) is 9.25. The molecule has 158 valence electrons. The predicted octanol–water partition coefficient (Wildman–Crippen LogP) is 3.43. The first-order valence-corrected chi connectivity index (χ1v) is 9.25. The molecule has 1 aliphatic heterocycles. The van der Waals surface area contributed by atoms with E-state index in [2.05, 4.69) is 0 Å². The van der Waals surface area contributed by atoms with Gasteiger partial charge >= 0.3 is 0 Å². The average molecular weight is 417 g/mol. The van der Waals surface area contributed by atoms with Gasteiger partial charge in [-0.15, -0.1) is 0 Å². The summed E-state index contributed by atoms with van der Waals surface area (Å²) in [5.41, 5.74) is 0.164. The Morgan fingerprint density at radius 3 is 2.37 bits per heavy atom. The Hall–Kier alpha value is -3.26. The molecule has 2 aromatic carbocycles. The fourth-order valence-corrected chi connectivity index (χ4v) is 3.49. The third-order valence-corrected chi connectivity index (χ3v) is 4.89. The number of likely N-dealkylation sites (tertiary alicyclic amines) is 1. The minimum Gasteiger partial charge on any atom is -0.507 e. The second-order valence-electron chi connectivity index (χ2n) is 6.73. The second-order valence-corrected chi connectivity index (χ2v) is 6.73. The molecular weight excluding hydrogens is 396 g/mol. The van der Waals surface area contributed by atoms with Crippen molar-refractivity contribution in [2.45, 2.75) is 12.5 Å². The summed E-state index contributed by atoms with van der Waals surface area (Å²) in [7, 11) is 2.85. The molecule has 0 aromatic heterocycles. The standard InChI is InChI=1S/C22H21F2NO5/c1-29-11-3-10-25-19(13-4-6-14(23)7-5-13)18(21(27)22(25)28)20(26)16-12-15(24)8-9-17(16)30-2/h4-9,12,19,26H,3,10-11H2,1-2H3/b20-18+. The third-order valence-electron chi connectivity index (χ3n) is 4.89. The van der Waals surface area contributed by atoms with Crippen molar-refractivity contribution >= 4 is 17.4 Å². The van der Waals surface area contributed by atoms with Gasteiger partial charge in [0.1, 0.15) is 23.1 Å². The highest BCUT2D eigenvalue weighted by Crippen LogP contribution is 2.41. The lowest BCUT2D eigenvalue weighted by atomic mass is 9.95. The number of aliphatic hydroxyl groups is 1. The van der Waals surface area contributed by atoms with Crippen LogP contribution in [0.2, 0.25) is 0 Å². The summed E-state index contributed by atoms with van der Waals surface area (Å²) < 4.78 is 37.5. The SMILES string of the molecule is COCCCN1C(=O)C(=O)/C(=C(/O)c2cc(F)ccc2OC)C1c1ccc(F)cc1. The molecule has 0 spiro atoms. The Kier molecular flexibility index (Phi) is 6.47. The van der Waals surface area contributed by atoms with Gasteiger partial charge in [0.05, 0.1) is 24.3 Å². The van der Waals surface area contributed by atoms with Gasteiger partial charge in [-0.3, -0.25) is 9.59 Å². The van der Waals surface area contributed by atoms with E-state index < -0.39 is 35.1 Å². The lowest BCUT2D eigenvalue weighted by Gasteiger charge is -2.25. The van der Waals surface area contributed by atoms with Crippen molar-refractivity contribution in [3.63, 3.8) is 0 Å². The summed E-state index contributed by atoms with van der Waals surface area (Å²) in [6.07, 6.45) is 0.449. The van der Waals surface area contributed by atoms with Gasteiger partial charge in [-0.1, -0.05) is 12.1 Å². The summed E-state index contributed by atoms with van der Waals surface area (Å²) >= 11 is 0. The number of aliphatic hydroxyl groups excluding tert-OH is 1. The minimum atomic E-state index is -0.963. The van der Waals surface area contributed by atoms with Crippen molar-refractivity contribution in [2.24, 2.45) is 0 Å². The molecule has 1 heterocycles. The van der Waals surface area contributed by atoms with Crippen LogP contribution in [0.3, 0.4) is 0 Å². The average Bonchev–Trinajstić information content (AvgIpc) is 2.99. The van der Waals surface area contributed by atoms with E-state index in [9.17, 15) is 23.5 Å². The van der Waals surface area contributed by atoms with Crippen LogP contribution in [0.4, 0.5) is 8.78 Å². The van der Waals surface area contributed by atoms with Crippen LogP contribution in [-0.4, -0.2) is 49.1 Å². The molecule has 3 rings (SSSR count). The largest absolute Gasteiger partial charge is 0.507 e. The number of ketones is 1. The first-order chi connectivity index (χ1) is 14.4. The molecule has 1 amide bonds. The lowest BCUT2D eigenvalue weighted by Crippen LogP contribution is -2.31. The van der Waals surface area contributed by atoms with Crippen molar-refractivity contribution in [2.75, 3.05) is 27.4 Å². The smallest absolute Gasteiger partial charge is 0.295 e. The molecular formula is C22H21F2NO5. The fourth-order valence-electron chi connectivity index (χ4n) is 3.49. The lowest BCUT2D eigenvalue weighted by molar-refractivity contribution is -0.140. The topological polar surface area (TPSA) is 76.1 Å². The van der Waals surface area contributed by atoms with Crippen molar-refractivity contribution in [1.29, 1.82) is 0 Å². The quantitative estimate of drug-likeness (QED) is 0.323. The van der Waals surface area contributed by atoms with E-state index in [4.69, 9.17) is 9.47 Å². The van der Waals surface area contributed by atoms with Gasteiger partial charge in [-0.05, 0) is 42.3 Å². The number of methoxy groups -OCH3 is 2. The molecule has 30 heavy (non-hydrogen) atoms. The highest BCUT2D eigenvalue weighted by Gasteiger charge is 2.46. The van der Waals surface area contributed by atoms with Crippen LogP contribution in [-0.2, 0) is 14.3 Å². The molecule has 1 saturated heterocycles. The van der Waals surface area contributed by atoms with Gasteiger partial charge in [-0.25, -0.2) is 8.78 Å². The van der Waals surface area contributed by atoms with E-state index in [1.807, 2.05) is 0 Å².